The Bertz CT molecular complexity index is 332. The summed E-state index contributed by atoms with van der Waals surface area (Å²) < 4.78 is 0. The molecule has 1 aliphatic rings. The van der Waals surface area contributed by atoms with Gasteiger partial charge in [0.25, 0.3) is 0 Å². The zero-order valence-electron chi connectivity index (χ0n) is 8.31. The monoisotopic (exact) mass is 190 g/mol. The van der Waals surface area contributed by atoms with Gasteiger partial charge in [-0.1, -0.05) is 5.16 Å². The fraction of sp³-hybridized carbons (Fsp3) is 0.455. The number of nitrogens with zero attached hydrogens (tertiary/aromatic N) is 2. The highest BCUT2D eigenvalue weighted by atomic mass is 16.6. The number of oxime groups is 1. The van der Waals surface area contributed by atoms with E-state index in [1.54, 1.807) is 12.4 Å². The minimum absolute atomic E-state index is 0.355. The van der Waals surface area contributed by atoms with E-state index in [0.29, 0.717) is 6.10 Å². The van der Waals surface area contributed by atoms with E-state index in [1.165, 1.54) is 6.42 Å². The molecule has 0 bridgehead atoms. The summed E-state index contributed by atoms with van der Waals surface area (Å²) in [5.74, 6) is 0. The molecule has 0 unspecified atom stereocenters. The second kappa shape index (κ2) is 4.22. The SMILES string of the molecule is Cc1cnccc1/C=N/OC1CCC1. The predicted octanol–water partition coefficient (Wildman–Crippen LogP) is 2.29. The highest BCUT2D eigenvalue weighted by Gasteiger charge is 2.18. The van der Waals surface area contributed by atoms with Crippen molar-refractivity contribution in [2.24, 2.45) is 5.16 Å². The maximum Gasteiger partial charge on any atom is 0.127 e. The van der Waals surface area contributed by atoms with Crippen molar-refractivity contribution in [3.8, 4) is 0 Å². The number of hydrogen-bond donors (Lipinski definition) is 0. The molecule has 0 spiro atoms. The second-order valence-electron chi connectivity index (χ2n) is 3.63. The Labute approximate surface area is 83.8 Å². The lowest BCUT2D eigenvalue weighted by atomic mass is 9.97. The van der Waals surface area contributed by atoms with E-state index in [4.69, 9.17) is 4.84 Å². The van der Waals surface area contributed by atoms with Gasteiger partial charge in [-0.3, -0.25) is 4.98 Å². The summed E-state index contributed by atoms with van der Waals surface area (Å²) in [6, 6.07) is 1.93. The zero-order chi connectivity index (χ0) is 9.80. The minimum atomic E-state index is 0.355. The third-order valence-corrected chi connectivity index (χ3v) is 2.52. The van der Waals surface area contributed by atoms with Crippen LogP contribution in [0.4, 0.5) is 0 Å². The Morgan fingerprint density at radius 2 is 2.43 bits per heavy atom. The van der Waals surface area contributed by atoms with Crippen LogP contribution in [0.2, 0.25) is 0 Å². The predicted molar refractivity (Wildman–Crippen MR) is 55.3 cm³/mol. The first-order chi connectivity index (χ1) is 6.86. The van der Waals surface area contributed by atoms with Crippen LogP contribution in [0.3, 0.4) is 0 Å². The van der Waals surface area contributed by atoms with Crippen LogP contribution in [-0.4, -0.2) is 17.3 Å². The summed E-state index contributed by atoms with van der Waals surface area (Å²) in [5.41, 5.74) is 2.19. The number of hydrogen-bond acceptors (Lipinski definition) is 3. The highest BCUT2D eigenvalue weighted by molar-refractivity contribution is 5.80. The minimum Gasteiger partial charge on any atom is -0.393 e. The Hall–Kier alpha value is -1.38. The zero-order valence-corrected chi connectivity index (χ0v) is 8.31. The van der Waals surface area contributed by atoms with Gasteiger partial charge < -0.3 is 4.84 Å². The van der Waals surface area contributed by atoms with Crippen LogP contribution in [0.5, 0.6) is 0 Å². The van der Waals surface area contributed by atoms with E-state index >= 15 is 0 Å². The molecule has 14 heavy (non-hydrogen) atoms. The molecule has 1 heterocycles. The van der Waals surface area contributed by atoms with Gasteiger partial charge in [0, 0.05) is 18.0 Å². The van der Waals surface area contributed by atoms with Gasteiger partial charge in [-0.25, -0.2) is 0 Å². The van der Waals surface area contributed by atoms with E-state index in [9.17, 15) is 0 Å². The molecule has 0 aliphatic heterocycles. The first kappa shape index (κ1) is 9.19. The van der Waals surface area contributed by atoms with Gasteiger partial charge in [0.1, 0.15) is 6.10 Å². The van der Waals surface area contributed by atoms with Crippen molar-refractivity contribution in [3.05, 3.63) is 29.6 Å². The molecule has 1 aromatic heterocycles. The number of rotatable bonds is 3. The van der Waals surface area contributed by atoms with Gasteiger partial charge in [-0.05, 0) is 37.8 Å². The average molecular weight is 190 g/mol. The molecule has 74 valence electrons. The van der Waals surface area contributed by atoms with Crippen LogP contribution in [0, 0.1) is 6.92 Å². The van der Waals surface area contributed by atoms with Crippen LogP contribution in [-0.2, 0) is 4.84 Å². The second-order valence-corrected chi connectivity index (χ2v) is 3.63. The van der Waals surface area contributed by atoms with Gasteiger partial charge in [-0.2, -0.15) is 0 Å². The fourth-order valence-corrected chi connectivity index (χ4v) is 1.28. The molecule has 0 N–H and O–H groups in total. The molecular weight excluding hydrogens is 176 g/mol. The van der Waals surface area contributed by atoms with Crippen LogP contribution < -0.4 is 0 Å². The van der Waals surface area contributed by atoms with E-state index in [2.05, 4.69) is 10.1 Å². The van der Waals surface area contributed by atoms with Crippen molar-refractivity contribution >= 4 is 6.21 Å². The molecule has 0 aromatic carbocycles. The van der Waals surface area contributed by atoms with E-state index in [-0.39, 0.29) is 0 Å². The third kappa shape index (κ3) is 2.10. The van der Waals surface area contributed by atoms with Gasteiger partial charge >= 0.3 is 0 Å². The van der Waals surface area contributed by atoms with Gasteiger partial charge in [0.2, 0.25) is 0 Å². The van der Waals surface area contributed by atoms with Gasteiger partial charge in [0.15, 0.2) is 0 Å². The van der Waals surface area contributed by atoms with Crippen LogP contribution in [0.1, 0.15) is 30.4 Å². The standard InChI is InChI=1S/C11H14N2O/c1-9-7-12-6-5-10(9)8-13-14-11-3-2-4-11/h5-8,11H,2-4H2,1H3/b13-8+. The Balaban J connectivity index is 1.92. The summed E-state index contributed by atoms with van der Waals surface area (Å²) in [6.45, 7) is 2.01. The molecule has 1 aromatic rings. The van der Waals surface area contributed by atoms with Crippen molar-refractivity contribution in [1.82, 2.24) is 4.98 Å². The summed E-state index contributed by atoms with van der Waals surface area (Å²) in [6.07, 6.45) is 9.26. The quantitative estimate of drug-likeness (QED) is 0.541. The Morgan fingerprint density at radius 1 is 1.57 bits per heavy atom. The molecule has 3 nitrogen and oxygen atoms in total. The Morgan fingerprint density at radius 3 is 3.07 bits per heavy atom. The molecule has 2 rings (SSSR count). The average Bonchev–Trinajstić information content (AvgIpc) is 2.12. The van der Waals surface area contributed by atoms with Crippen molar-refractivity contribution in [2.45, 2.75) is 32.3 Å². The van der Waals surface area contributed by atoms with Crippen molar-refractivity contribution in [1.29, 1.82) is 0 Å². The molecule has 0 radical (unpaired) electrons. The molecule has 0 atom stereocenters. The maximum absolute atomic E-state index is 5.29. The lowest BCUT2D eigenvalue weighted by molar-refractivity contribution is 0.00699. The Kier molecular flexibility index (Phi) is 2.77. The summed E-state index contributed by atoms with van der Waals surface area (Å²) in [7, 11) is 0. The van der Waals surface area contributed by atoms with E-state index in [0.717, 1.165) is 24.0 Å². The van der Waals surface area contributed by atoms with Gasteiger partial charge in [-0.15, -0.1) is 0 Å². The third-order valence-electron chi connectivity index (χ3n) is 2.52. The first-order valence-electron chi connectivity index (χ1n) is 4.96. The van der Waals surface area contributed by atoms with Crippen LogP contribution in [0.25, 0.3) is 0 Å². The van der Waals surface area contributed by atoms with E-state index < -0.39 is 0 Å². The molecule has 0 amide bonds. The van der Waals surface area contributed by atoms with Crippen molar-refractivity contribution in [2.75, 3.05) is 0 Å². The normalized spacial score (nSPS) is 16.9. The number of pyridine rings is 1. The summed E-state index contributed by atoms with van der Waals surface area (Å²) in [5, 5.41) is 3.97. The largest absolute Gasteiger partial charge is 0.393 e. The molecule has 1 saturated carbocycles. The fourth-order valence-electron chi connectivity index (χ4n) is 1.28. The van der Waals surface area contributed by atoms with Crippen molar-refractivity contribution in [3.63, 3.8) is 0 Å². The lowest BCUT2D eigenvalue weighted by Gasteiger charge is -2.22. The lowest BCUT2D eigenvalue weighted by Crippen LogP contribution is -2.18. The molecule has 1 aliphatic carbocycles. The number of aromatic nitrogens is 1. The van der Waals surface area contributed by atoms with Gasteiger partial charge in [0.05, 0.1) is 6.21 Å². The number of aryl methyl sites for hydroxylation is 1. The van der Waals surface area contributed by atoms with E-state index in [1.807, 2.05) is 19.2 Å². The highest BCUT2D eigenvalue weighted by Crippen LogP contribution is 2.21. The summed E-state index contributed by atoms with van der Waals surface area (Å²) in [4.78, 5) is 9.30. The smallest absolute Gasteiger partial charge is 0.127 e. The van der Waals surface area contributed by atoms with Crippen LogP contribution >= 0.6 is 0 Å². The summed E-state index contributed by atoms with van der Waals surface area (Å²) >= 11 is 0. The van der Waals surface area contributed by atoms with Crippen LogP contribution in [0.15, 0.2) is 23.6 Å². The first-order valence-corrected chi connectivity index (χ1v) is 4.96. The molecule has 3 heteroatoms. The maximum atomic E-state index is 5.29. The molecular formula is C11H14N2O. The molecule has 0 saturated heterocycles. The van der Waals surface area contributed by atoms with Crippen molar-refractivity contribution < 1.29 is 4.84 Å². The topological polar surface area (TPSA) is 34.5 Å². The molecule has 1 fully saturated rings.